The predicted molar refractivity (Wildman–Crippen MR) is 106 cm³/mol. The molecule has 0 radical (unpaired) electrons. The number of alkyl halides is 3. The van der Waals surface area contributed by atoms with Crippen molar-refractivity contribution in [2.75, 3.05) is 26.2 Å². The molecule has 2 aromatic rings. The third kappa shape index (κ3) is 5.57. The van der Waals surface area contributed by atoms with Gasteiger partial charge in [-0.2, -0.15) is 13.2 Å². The molecule has 5 nitrogen and oxygen atoms in total. The number of hydrogen-bond acceptors (Lipinski definition) is 3. The van der Waals surface area contributed by atoms with E-state index >= 15 is 0 Å². The number of rotatable bonds is 8. The molecule has 8 heteroatoms. The van der Waals surface area contributed by atoms with Crippen molar-refractivity contribution in [2.45, 2.75) is 20.0 Å². The maximum atomic E-state index is 13.7. The van der Waals surface area contributed by atoms with Crippen LogP contribution in [0.15, 0.2) is 42.5 Å². The molecule has 3 N–H and O–H groups in total. The Kier molecular flexibility index (Phi) is 7.39. The molecule has 0 saturated heterocycles. The van der Waals surface area contributed by atoms with Crippen LogP contribution in [0.1, 0.15) is 40.1 Å². The lowest BCUT2D eigenvalue weighted by atomic mass is 9.93. The van der Waals surface area contributed by atoms with Gasteiger partial charge in [0.25, 0.3) is 5.91 Å². The molecule has 0 aliphatic carbocycles. The minimum Gasteiger partial charge on any atom is -0.366 e. The van der Waals surface area contributed by atoms with E-state index < -0.39 is 23.6 Å². The quantitative estimate of drug-likeness (QED) is 0.703. The van der Waals surface area contributed by atoms with E-state index in [2.05, 4.69) is 10.2 Å². The van der Waals surface area contributed by atoms with Crippen LogP contribution in [0.5, 0.6) is 0 Å². The summed E-state index contributed by atoms with van der Waals surface area (Å²) < 4.78 is 41.1. The summed E-state index contributed by atoms with van der Waals surface area (Å²) in [6.45, 7) is 6.55. The normalized spacial score (nSPS) is 11.5. The zero-order valence-electron chi connectivity index (χ0n) is 16.3. The van der Waals surface area contributed by atoms with Crippen molar-refractivity contribution in [3.05, 3.63) is 59.2 Å². The highest BCUT2D eigenvalue weighted by molar-refractivity contribution is 6.01. The van der Waals surface area contributed by atoms with E-state index in [1.54, 1.807) is 0 Å². The van der Waals surface area contributed by atoms with Crippen molar-refractivity contribution < 1.29 is 22.8 Å². The number of halogens is 3. The van der Waals surface area contributed by atoms with Crippen molar-refractivity contribution in [3.63, 3.8) is 0 Å². The molecule has 2 aromatic carbocycles. The number of benzene rings is 2. The summed E-state index contributed by atoms with van der Waals surface area (Å²) in [6.07, 6.45) is -4.71. The van der Waals surface area contributed by atoms with E-state index in [-0.39, 0.29) is 22.3 Å². The van der Waals surface area contributed by atoms with Gasteiger partial charge in [-0.3, -0.25) is 9.59 Å². The smallest absolute Gasteiger partial charge is 0.366 e. The van der Waals surface area contributed by atoms with Gasteiger partial charge in [0, 0.05) is 24.2 Å². The van der Waals surface area contributed by atoms with E-state index in [1.807, 2.05) is 13.8 Å². The second-order valence-corrected chi connectivity index (χ2v) is 6.45. The predicted octanol–water partition coefficient (Wildman–Crippen LogP) is 3.54. The molecular formula is C21H24F3N3O2. The van der Waals surface area contributed by atoms with Crippen molar-refractivity contribution in [1.29, 1.82) is 0 Å². The maximum absolute atomic E-state index is 13.7. The van der Waals surface area contributed by atoms with Crippen molar-refractivity contribution >= 4 is 11.8 Å². The standard InChI is InChI=1S/C21H24F3N3O2/c1-3-27(4-2)12-11-26-20(29)14-9-10-16(18(13-14)21(22,23)24)15-7-5-6-8-17(15)19(25)28/h5-10,13H,3-4,11-12H2,1-2H3,(H2,25,28)(H,26,29). The van der Waals surface area contributed by atoms with Gasteiger partial charge in [0.05, 0.1) is 5.56 Å². The Bertz CT molecular complexity index is 878. The number of hydrogen-bond donors (Lipinski definition) is 2. The van der Waals surface area contributed by atoms with Gasteiger partial charge in [0.15, 0.2) is 0 Å². The largest absolute Gasteiger partial charge is 0.417 e. The van der Waals surface area contributed by atoms with Gasteiger partial charge in [-0.15, -0.1) is 0 Å². The Labute approximate surface area is 167 Å². The lowest BCUT2D eigenvalue weighted by Gasteiger charge is -2.19. The van der Waals surface area contributed by atoms with Crippen LogP contribution < -0.4 is 11.1 Å². The molecule has 0 saturated carbocycles. The van der Waals surface area contributed by atoms with E-state index in [1.165, 1.54) is 36.4 Å². The number of nitrogens with one attached hydrogen (secondary N) is 1. The van der Waals surface area contributed by atoms with Crippen molar-refractivity contribution in [3.8, 4) is 11.1 Å². The minimum absolute atomic E-state index is 0.0191. The fourth-order valence-corrected chi connectivity index (χ4v) is 3.06. The molecule has 2 amide bonds. The molecule has 0 atom stereocenters. The topological polar surface area (TPSA) is 75.4 Å². The number of nitrogens with zero attached hydrogens (tertiary/aromatic N) is 1. The first-order chi connectivity index (χ1) is 13.7. The summed E-state index contributed by atoms with van der Waals surface area (Å²) in [7, 11) is 0. The summed E-state index contributed by atoms with van der Waals surface area (Å²) in [4.78, 5) is 26.0. The van der Waals surface area contributed by atoms with Gasteiger partial charge >= 0.3 is 6.18 Å². The van der Waals surface area contributed by atoms with Crippen LogP contribution >= 0.6 is 0 Å². The van der Waals surface area contributed by atoms with Crippen LogP contribution in [-0.2, 0) is 6.18 Å². The average Bonchev–Trinajstić information content (AvgIpc) is 2.70. The molecule has 0 aliphatic heterocycles. The molecule has 0 aromatic heterocycles. The Hall–Kier alpha value is -2.87. The van der Waals surface area contributed by atoms with E-state index in [9.17, 15) is 22.8 Å². The van der Waals surface area contributed by atoms with Crippen molar-refractivity contribution in [2.24, 2.45) is 5.73 Å². The minimum atomic E-state index is -4.71. The molecule has 0 fully saturated rings. The summed E-state index contributed by atoms with van der Waals surface area (Å²) in [5, 5.41) is 2.64. The molecule has 0 spiro atoms. The maximum Gasteiger partial charge on any atom is 0.417 e. The van der Waals surface area contributed by atoms with Gasteiger partial charge in [-0.05, 0) is 42.4 Å². The number of likely N-dealkylation sites (N-methyl/N-ethyl adjacent to an activating group) is 1. The van der Waals surface area contributed by atoms with Crippen LogP contribution in [0.3, 0.4) is 0 Å². The highest BCUT2D eigenvalue weighted by atomic mass is 19.4. The molecule has 156 valence electrons. The van der Waals surface area contributed by atoms with Gasteiger partial charge in [-0.25, -0.2) is 0 Å². The van der Waals surface area contributed by atoms with E-state index in [0.29, 0.717) is 13.1 Å². The first-order valence-electron chi connectivity index (χ1n) is 9.30. The highest BCUT2D eigenvalue weighted by Crippen LogP contribution is 2.38. The number of carbonyl (C=O) groups is 2. The molecule has 2 rings (SSSR count). The van der Waals surface area contributed by atoms with E-state index in [0.717, 1.165) is 19.2 Å². The first-order valence-corrected chi connectivity index (χ1v) is 9.30. The fourth-order valence-electron chi connectivity index (χ4n) is 3.06. The number of primary amides is 1. The van der Waals surface area contributed by atoms with Crippen LogP contribution in [0.25, 0.3) is 11.1 Å². The van der Waals surface area contributed by atoms with E-state index in [4.69, 9.17) is 5.73 Å². The zero-order chi connectivity index (χ0) is 21.6. The molecule has 0 unspecified atom stereocenters. The second kappa shape index (κ2) is 9.56. The van der Waals surface area contributed by atoms with Crippen LogP contribution in [0, 0.1) is 0 Å². The number of nitrogens with two attached hydrogens (primary N) is 1. The molecule has 0 aliphatic rings. The second-order valence-electron chi connectivity index (χ2n) is 6.45. The first kappa shape index (κ1) is 22.4. The van der Waals surface area contributed by atoms with Crippen LogP contribution in [0.4, 0.5) is 13.2 Å². The van der Waals surface area contributed by atoms with Gasteiger partial charge in [0.2, 0.25) is 5.91 Å². The lowest BCUT2D eigenvalue weighted by Crippen LogP contribution is -2.34. The number of amides is 2. The Morgan fingerprint density at radius 2 is 1.69 bits per heavy atom. The third-order valence-electron chi connectivity index (χ3n) is 4.68. The molecular weight excluding hydrogens is 383 g/mol. The summed E-state index contributed by atoms with van der Waals surface area (Å²) >= 11 is 0. The molecule has 0 bridgehead atoms. The Morgan fingerprint density at radius 1 is 1.03 bits per heavy atom. The monoisotopic (exact) mass is 407 g/mol. The third-order valence-corrected chi connectivity index (χ3v) is 4.68. The fraction of sp³-hybridized carbons (Fsp3) is 0.333. The van der Waals surface area contributed by atoms with Crippen molar-refractivity contribution in [1.82, 2.24) is 10.2 Å². The molecule has 0 heterocycles. The van der Waals surface area contributed by atoms with Gasteiger partial charge < -0.3 is 16.0 Å². The zero-order valence-corrected chi connectivity index (χ0v) is 16.3. The van der Waals surface area contributed by atoms with Crippen LogP contribution in [-0.4, -0.2) is 42.9 Å². The summed E-state index contributed by atoms with van der Waals surface area (Å²) in [5.41, 5.74) is 4.05. The van der Waals surface area contributed by atoms with Gasteiger partial charge in [-0.1, -0.05) is 38.1 Å². The summed E-state index contributed by atoms with van der Waals surface area (Å²) in [5.74, 6) is -1.41. The van der Waals surface area contributed by atoms with Crippen LogP contribution in [0.2, 0.25) is 0 Å². The van der Waals surface area contributed by atoms with Gasteiger partial charge in [0.1, 0.15) is 0 Å². The lowest BCUT2D eigenvalue weighted by molar-refractivity contribution is -0.137. The Balaban J connectivity index is 2.36. The Morgan fingerprint density at radius 3 is 2.28 bits per heavy atom. The molecule has 29 heavy (non-hydrogen) atoms. The SMILES string of the molecule is CCN(CC)CCNC(=O)c1ccc(-c2ccccc2C(N)=O)c(C(F)(F)F)c1. The number of carbonyl (C=O) groups excluding carboxylic acids is 2. The highest BCUT2D eigenvalue weighted by Gasteiger charge is 2.35. The average molecular weight is 407 g/mol. The summed E-state index contributed by atoms with van der Waals surface area (Å²) in [6, 6.07) is 9.13.